The molecule has 1 unspecified atom stereocenters. The van der Waals surface area contributed by atoms with Crippen molar-refractivity contribution in [1.82, 2.24) is 10.2 Å². The maximum absolute atomic E-state index is 5.80. The Kier molecular flexibility index (Phi) is 6.48. The molecule has 2 fully saturated rings. The third-order valence-corrected chi connectivity index (χ3v) is 5.51. The van der Waals surface area contributed by atoms with Gasteiger partial charge in [0, 0.05) is 51.0 Å². The average molecular weight is 298 g/mol. The van der Waals surface area contributed by atoms with E-state index >= 15 is 0 Å². The Morgan fingerprint density at radius 3 is 2.57 bits per heavy atom. The third-order valence-electron chi connectivity index (χ3n) is 5.51. The molecular weight excluding hydrogens is 264 g/mol. The lowest BCUT2D eigenvalue weighted by Gasteiger charge is -2.52. The minimum absolute atomic E-state index is 0.268. The van der Waals surface area contributed by atoms with Gasteiger partial charge in [0.1, 0.15) is 0 Å². The van der Waals surface area contributed by atoms with Crippen LogP contribution in [0.1, 0.15) is 52.4 Å². The second-order valence-corrected chi connectivity index (χ2v) is 7.08. The van der Waals surface area contributed by atoms with Crippen molar-refractivity contribution in [1.29, 1.82) is 0 Å². The van der Waals surface area contributed by atoms with E-state index in [9.17, 15) is 0 Å². The van der Waals surface area contributed by atoms with Crippen molar-refractivity contribution in [3.63, 3.8) is 0 Å². The summed E-state index contributed by atoms with van der Waals surface area (Å²) in [6.45, 7) is 10.5. The molecule has 21 heavy (non-hydrogen) atoms. The van der Waals surface area contributed by atoms with E-state index in [4.69, 9.17) is 9.47 Å². The van der Waals surface area contributed by atoms with Crippen LogP contribution in [0, 0.1) is 0 Å². The second kappa shape index (κ2) is 7.91. The van der Waals surface area contributed by atoms with Crippen molar-refractivity contribution in [2.75, 3.05) is 46.6 Å². The molecule has 4 nitrogen and oxygen atoms in total. The van der Waals surface area contributed by atoms with Gasteiger partial charge in [-0.05, 0) is 32.6 Å². The molecule has 1 saturated heterocycles. The Labute approximate surface area is 130 Å². The van der Waals surface area contributed by atoms with Gasteiger partial charge >= 0.3 is 0 Å². The molecule has 0 bridgehead atoms. The van der Waals surface area contributed by atoms with Crippen molar-refractivity contribution in [2.24, 2.45) is 0 Å². The number of hydrogen-bond donors (Lipinski definition) is 1. The van der Waals surface area contributed by atoms with Gasteiger partial charge in [0.2, 0.25) is 0 Å². The maximum Gasteiger partial charge on any atom is 0.0593 e. The van der Waals surface area contributed by atoms with E-state index in [-0.39, 0.29) is 5.54 Å². The number of nitrogens with one attached hydrogen (secondary N) is 1. The topological polar surface area (TPSA) is 33.7 Å². The summed E-state index contributed by atoms with van der Waals surface area (Å²) in [7, 11) is 1.75. The lowest BCUT2D eigenvalue weighted by Crippen LogP contribution is -2.68. The predicted molar refractivity (Wildman–Crippen MR) is 86.8 cm³/mol. The molecule has 0 aromatic heterocycles. The fraction of sp³-hybridized carbons (Fsp3) is 1.00. The average Bonchev–Trinajstić information content (AvgIpc) is 2.96. The van der Waals surface area contributed by atoms with Gasteiger partial charge in [-0.25, -0.2) is 0 Å². The Hall–Kier alpha value is -0.160. The molecule has 0 aromatic rings. The van der Waals surface area contributed by atoms with Crippen LogP contribution in [0.4, 0.5) is 0 Å². The molecule has 2 aliphatic rings. The highest BCUT2D eigenvalue weighted by Gasteiger charge is 2.46. The van der Waals surface area contributed by atoms with E-state index in [0.29, 0.717) is 5.54 Å². The number of ether oxygens (including phenoxy) is 2. The normalized spacial score (nSPS) is 29.3. The number of hydrogen-bond acceptors (Lipinski definition) is 4. The van der Waals surface area contributed by atoms with Gasteiger partial charge < -0.3 is 14.8 Å². The summed E-state index contributed by atoms with van der Waals surface area (Å²) in [6.07, 6.45) is 7.66. The van der Waals surface area contributed by atoms with E-state index in [1.807, 2.05) is 0 Å². The third kappa shape index (κ3) is 4.41. The zero-order valence-corrected chi connectivity index (χ0v) is 14.2. The minimum Gasteiger partial charge on any atom is -0.385 e. The minimum atomic E-state index is 0.268. The monoisotopic (exact) mass is 298 g/mol. The molecule has 1 aliphatic carbocycles. The molecule has 1 N–H and O–H groups in total. The molecule has 1 heterocycles. The van der Waals surface area contributed by atoms with Crippen LogP contribution >= 0.6 is 0 Å². The van der Waals surface area contributed by atoms with Crippen LogP contribution in [0.3, 0.4) is 0 Å². The number of piperazine rings is 1. The Bertz CT molecular complexity index is 305. The summed E-state index contributed by atoms with van der Waals surface area (Å²) in [4.78, 5) is 2.73. The molecule has 124 valence electrons. The van der Waals surface area contributed by atoms with Gasteiger partial charge in [-0.2, -0.15) is 0 Å². The van der Waals surface area contributed by atoms with Gasteiger partial charge in [-0.3, -0.25) is 4.90 Å². The first-order valence-corrected chi connectivity index (χ1v) is 8.71. The van der Waals surface area contributed by atoms with Crippen LogP contribution in [0.5, 0.6) is 0 Å². The number of rotatable bonds is 8. The van der Waals surface area contributed by atoms with Crippen LogP contribution in [-0.4, -0.2) is 62.5 Å². The molecule has 2 rings (SSSR count). The van der Waals surface area contributed by atoms with E-state index in [1.165, 1.54) is 32.1 Å². The van der Waals surface area contributed by atoms with E-state index < -0.39 is 0 Å². The second-order valence-electron chi connectivity index (χ2n) is 7.08. The first-order chi connectivity index (χ1) is 10.1. The van der Waals surface area contributed by atoms with Gasteiger partial charge in [-0.1, -0.05) is 19.8 Å². The zero-order valence-electron chi connectivity index (χ0n) is 14.2. The molecule has 1 saturated carbocycles. The maximum atomic E-state index is 5.80. The van der Waals surface area contributed by atoms with Crippen LogP contribution in [-0.2, 0) is 9.47 Å². The summed E-state index contributed by atoms with van der Waals surface area (Å²) >= 11 is 0. The van der Waals surface area contributed by atoms with Crippen LogP contribution < -0.4 is 5.32 Å². The zero-order chi connectivity index (χ0) is 15.2. The standard InChI is InChI=1S/C17H34N2O2/c1-4-16(2)15-19(10-13-21-12-7-11-20-3)17(14-18-16)8-5-6-9-17/h18H,4-15H2,1-3H3. The fourth-order valence-electron chi connectivity index (χ4n) is 3.80. The number of methoxy groups -OCH3 is 1. The van der Waals surface area contributed by atoms with Gasteiger partial charge in [0.05, 0.1) is 6.61 Å². The molecule has 4 heteroatoms. The van der Waals surface area contributed by atoms with Crippen molar-refractivity contribution in [3.05, 3.63) is 0 Å². The lowest BCUT2D eigenvalue weighted by molar-refractivity contribution is -0.0115. The van der Waals surface area contributed by atoms with Crippen molar-refractivity contribution in [2.45, 2.75) is 63.5 Å². The summed E-state index contributed by atoms with van der Waals surface area (Å²) in [5.74, 6) is 0. The van der Waals surface area contributed by atoms with E-state index in [1.54, 1.807) is 7.11 Å². The summed E-state index contributed by atoms with van der Waals surface area (Å²) in [5.41, 5.74) is 0.675. The van der Waals surface area contributed by atoms with Gasteiger partial charge in [0.15, 0.2) is 0 Å². The van der Waals surface area contributed by atoms with Gasteiger partial charge in [0.25, 0.3) is 0 Å². The highest BCUT2D eigenvalue weighted by molar-refractivity contribution is 5.05. The van der Waals surface area contributed by atoms with Crippen LogP contribution in [0.2, 0.25) is 0 Å². The highest BCUT2D eigenvalue weighted by atomic mass is 16.5. The summed E-state index contributed by atoms with van der Waals surface area (Å²) in [6, 6.07) is 0. The first kappa shape index (κ1) is 17.2. The largest absolute Gasteiger partial charge is 0.385 e. The van der Waals surface area contributed by atoms with Crippen LogP contribution in [0.25, 0.3) is 0 Å². The van der Waals surface area contributed by atoms with E-state index in [0.717, 1.165) is 45.9 Å². The quantitative estimate of drug-likeness (QED) is 0.698. The Balaban J connectivity index is 1.82. The first-order valence-electron chi connectivity index (χ1n) is 8.71. The van der Waals surface area contributed by atoms with Crippen molar-refractivity contribution < 1.29 is 9.47 Å². The fourth-order valence-corrected chi connectivity index (χ4v) is 3.80. The Morgan fingerprint density at radius 2 is 1.90 bits per heavy atom. The molecule has 0 aromatic carbocycles. The molecule has 1 aliphatic heterocycles. The SMILES string of the molecule is CCC1(C)CN(CCOCCCOC)C2(CCCC2)CN1. The molecule has 0 amide bonds. The van der Waals surface area contributed by atoms with E-state index in [2.05, 4.69) is 24.1 Å². The van der Waals surface area contributed by atoms with Gasteiger partial charge in [-0.15, -0.1) is 0 Å². The lowest BCUT2D eigenvalue weighted by atomic mass is 9.85. The van der Waals surface area contributed by atoms with Crippen molar-refractivity contribution in [3.8, 4) is 0 Å². The summed E-state index contributed by atoms with van der Waals surface area (Å²) in [5, 5.41) is 3.83. The summed E-state index contributed by atoms with van der Waals surface area (Å²) < 4.78 is 10.9. The number of nitrogens with zero attached hydrogens (tertiary/aromatic N) is 1. The smallest absolute Gasteiger partial charge is 0.0593 e. The molecule has 0 radical (unpaired) electrons. The Morgan fingerprint density at radius 1 is 1.14 bits per heavy atom. The molecular formula is C17H34N2O2. The van der Waals surface area contributed by atoms with Crippen LogP contribution in [0.15, 0.2) is 0 Å². The molecule has 1 spiro atoms. The highest BCUT2D eigenvalue weighted by Crippen LogP contribution is 2.38. The van der Waals surface area contributed by atoms with Crippen molar-refractivity contribution >= 4 is 0 Å². The predicted octanol–water partition coefficient (Wildman–Crippen LogP) is 2.43. The molecule has 1 atom stereocenters.